The molecule has 3 aromatic rings. The minimum Gasteiger partial charge on any atom is -0.485 e. The number of nitrogens with zero attached hydrogens (tertiary/aromatic N) is 3. The SMILES string of the molecule is Cc1ccccc1OCc1ccc(C(=O)Nc2cnn(CCN(C)C)c2)o1. The van der Waals surface area contributed by atoms with Crippen molar-refractivity contribution >= 4 is 11.6 Å². The quantitative estimate of drug-likeness (QED) is 0.661. The van der Waals surface area contributed by atoms with Crippen LogP contribution in [0.15, 0.2) is 53.2 Å². The smallest absolute Gasteiger partial charge is 0.291 e. The summed E-state index contributed by atoms with van der Waals surface area (Å²) < 4.78 is 13.1. The molecule has 0 unspecified atom stereocenters. The fourth-order valence-electron chi connectivity index (χ4n) is 2.49. The van der Waals surface area contributed by atoms with Gasteiger partial charge in [-0.25, -0.2) is 0 Å². The number of para-hydroxylation sites is 1. The molecular formula is C20H24N4O3. The first-order valence-electron chi connectivity index (χ1n) is 8.77. The molecule has 0 spiro atoms. The summed E-state index contributed by atoms with van der Waals surface area (Å²) in [6, 6.07) is 11.1. The average Bonchev–Trinajstić information content (AvgIpc) is 3.29. The maximum atomic E-state index is 12.3. The van der Waals surface area contributed by atoms with Crippen LogP contribution in [0.3, 0.4) is 0 Å². The van der Waals surface area contributed by atoms with E-state index in [2.05, 4.69) is 15.3 Å². The summed E-state index contributed by atoms with van der Waals surface area (Å²) >= 11 is 0. The lowest BCUT2D eigenvalue weighted by atomic mass is 10.2. The third-order valence-electron chi connectivity index (χ3n) is 4.02. The van der Waals surface area contributed by atoms with E-state index < -0.39 is 0 Å². The van der Waals surface area contributed by atoms with E-state index in [1.54, 1.807) is 29.2 Å². The number of nitrogens with one attached hydrogen (secondary N) is 1. The number of likely N-dealkylation sites (N-methyl/N-ethyl adjacent to an activating group) is 1. The number of hydrogen-bond donors (Lipinski definition) is 1. The normalized spacial score (nSPS) is 11.0. The standard InChI is InChI=1S/C20H24N4O3/c1-15-6-4-5-7-18(15)26-14-17-8-9-19(27-17)20(25)22-16-12-21-24(13-16)11-10-23(2)3/h4-9,12-13H,10-11,14H2,1-3H3,(H,22,25). The van der Waals surface area contributed by atoms with Gasteiger partial charge in [0.25, 0.3) is 5.91 Å². The highest BCUT2D eigenvalue weighted by Crippen LogP contribution is 2.19. The second-order valence-corrected chi connectivity index (χ2v) is 6.57. The van der Waals surface area contributed by atoms with Gasteiger partial charge in [0.1, 0.15) is 18.1 Å². The minimum absolute atomic E-state index is 0.236. The first-order chi connectivity index (χ1) is 13.0. The topological polar surface area (TPSA) is 72.5 Å². The molecule has 7 nitrogen and oxygen atoms in total. The van der Waals surface area contributed by atoms with Gasteiger partial charge in [0.05, 0.1) is 18.4 Å². The van der Waals surface area contributed by atoms with Gasteiger partial charge >= 0.3 is 0 Å². The Balaban J connectivity index is 1.54. The van der Waals surface area contributed by atoms with Crippen molar-refractivity contribution in [2.24, 2.45) is 0 Å². The van der Waals surface area contributed by atoms with Gasteiger partial charge in [0, 0.05) is 12.7 Å². The third-order valence-corrected chi connectivity index (χ3v) is 4.02. The maximum absolute atomic E-state index is 12.3. The van der Waals surface area contributed by atoms with Crippen molar-refractivity contribution in [1.82, 2.24) is 14.7 Å². The highest BCUT2D eigenvalue weighted by molar-refractivity contribution is 6.02. The van der Waals surface area contributed by atoms with Crippen molar-refractivity contribution in [3.63, 3.8) is 0 Å². The van der Waals surface area contributed by atoms with Crippen molar-refractivity contribution < 1.29 is 13.9 Å². The molecule has 2 aromatic heterocycles. The molecular weight excluding hydrogens is 344 g/mol. The zero-order valence-electron chi connectivity index (χ0n) is 15.8. The molecule has 0 saturated carbocycles. The molecule has 0 fully saturated rings. The number of rotatable bonds is 8. The maximum Gasteiger partial charge on any atom is 0.291 e. The molecule has 1 N–H and O–H groups in total. The molecule has 0 bridgehead atoms. The van der Waals surface area contributed by atoms with Gasteiger partial charge in [-0.05, 0) is 44.8 Å². The Hall–Kier alpha value is -3.06. The van der Waals surface area contributed by atoms with Crippen LogP contribution in [0, 0.1) is 6.92 Å². The Labute approximate surface area is 158 Å². The Morgan fingerprint density at radius 2 is 2.07 bits per heavy atom. The molecule has 27 heavy (non-hydrogen) atoms. The second kappa shape index (κ2) is 8.55. The molecule has 0 saturated heterocycles. The van der Waals surface area contributed by atoms with E-state index in [1.165, 1.54) is 0 Å². The Kier molecular flexibility index (Phi) is 5.93. The van der Waals surface area contributed by atoms with E-state index in [0.717, 1.165) is 24.4 Å². The lowest BCUT2D eigenvalue weighted by Crippen LogP contribution is -2.18. The van der Waals surface area contributed by atoms with E-state index in [4.69, 9.17) is 9.15 Å². The number of aromatic nitrogens is 2. The van der Waals surface area contributed by atoms with Crippen molar-refractivity contribution in [2.45, 2.75) is 20.1 Å². The molecule has 0 aliphatic heterocycles. The van der Waals surface area contributed by atoms with Gasteiger partial charge in [0.15, 0.2) is 5.76 Å². The molecule has 0 aliphatic carbocycles. The van der Waals surface area contributed by atoms with E-state index >= 15 is 0 Å². The van der Waals surface area contributed by atoms with E-state index in [9.17, 15) is 4.79 Å². The molecule has 2 heterocycles. The van der Waals surface area contributed by atoms with Crippen LogP contribution < -0.4 is 10.1 Å². The summed E-state index contributed by atoms with van der Waals surface area (Å²) in [7, 11) is 4.01. The van der Waals surface area contributed by atoms with Crippen LogP contribution in [-0.4, -0.2) is 41.2 Å². The number of carbonyl (C=O) groups is 1. The molecule has 142 valence electrons. The Bertz CT molecular complexity index is 898. The highest BCUT2D eigenvalue weighted by atomic mass is 16.5. The van der Waals surface area contributed by atoms with Crippen LogP contribution in [0.25, 0.3) is 0 Å². The second-order valence-electron chi connectivity index (χ2n) is 6.57. The number of ether oxygens (including phenoxy) is 1. The number of amides is 1. The van der Waals surface area contributed by atoms with Crippen LogP contribution in [0.5, 0.6) is 5.75 Å². The molecule has 1 amide bonds. The summed E-state index contributed by atoms with van der Waals surface area (Å²) in [5.74, 6) is 1.30. The number of anilines is 1. The van der Waals surface area contributed by atoms with Gasteiger partial charge in [-0.1, -0.05) is 18.2 Å². The molecule has 3 rings (SSSR count). The number of benzene rings is 1. The molecule has 0 radical (unpaired) electrons. The van der Waals surface area contributed by atoms with Gasteiger partial charge < -0.3 is 19.4 Å². The van der Waals surface area contributed by atoms with Crippen molar-refractivity contribution in [3.05, 3.63) is 65.9 Å². The van der Waals surface area contributed by atoms with Gasteiger partial charge in [-0.15, -0.1) is 0 Å². The Morgan fingerprint density at radius 3 is 2.85 bits per heavy atom. The monoisotopic (exact) mass is 368 g/mol. The van der Waals surface area contributed by atoms with Crippen molar-refractivity contribution in [3.8, 4) is 5.75 Å². The van der Waals surface area contributed by atoms with Crippen LogP contribution in [-0.2, 0) is 13.2 Å². The zero-order chi connectivity index (χ0) is 19.2. The minimum atomic E-state index is -0.315. The molecule has 0 atom stereocenters. The van der Waals surface area contributed by atoms with Gasteiger partial charge in [0.2, 0.25) is 0 Å². The van der Waals surface area contributed by atoms with Crippen molar-refractivity contribution in [2.75, 3.05) is 26.0 Å². The van der Waals surface area contributed by atoms with E-state index in [1.807, 2.05) is 45.3 Å². The average molecular weight is 368 g/mol. The number of carbonyl (C=O) groups excluding carboxylic acids is 1. The Morgan fingerprint density at radius 1 is 1.26 bits per heavy atom. The third kappa shape index (κ3) is 5.21. The summed E-state index contributed by atoms with van der Waals surface area (Å²) in [6.45, 7) is 3.87. The lowest BCUT2D eigenvalue weighted by molar-refractivity contribution is 0.0992. The molecule has 1 aromatic carbocycles. The largest absolute Gasteiger partial charge is 0.485 e. The summed E-state index contributed by atoms with van der Waals surface area (Å²) in [5, 5.41) is 7.03. The fraction of sp³-hybridized carbons (Fsp3) is 0.300. The van der Waals surface area contributed by atoms with Crippen molar-refractivity contribution in [1.29, 1.82) is 0 Å². The van der Waals surface area contributed by atoms with Crippen LogP contribution in [0.2, 0.25) is 0 Å². The predicted octanol–water partition coefficient (Wildman–Crippen LogP) is 3.18. The first-order valence-corrected chi connectivity index (χ1v) is 8.77. The summed E-state index contributed by atoms with van der Waals surface area (Å²) in [5.41, 5.74) is 1.68. The number of aryl methyl sites for hydroxylation is 1. The number of hydrogen-bond acceptors (Lipinski definition) is 5. The lowest BCUT2D eigenvalue weighted by Gasteiger charge is -2.08. The summed E-state index contributed by atoms with van der Waals surface area (Å²) in [6.07, 6.45) is 3.42. The summed E-state index contributed by atoms with van der Waals surface area (Å²) in [4.78, 5) is 14.4. The van der Waals surface area contributed by atoms with Crippen LogP contribution in [0.1, 0.15) is 21.9 Å². The predicted molar refractivity (Wildman–Crippen MR) is 103 cm³/mol. The van der Waals surface area contributed by atoms with Crippen LogP contribution in [0.4, 0.5) is 5.69 Å². The van der Waals surface area contributed by atoms with Gasteiger partial charge in [-0.3, -0.25) is 9.48 Å². The highest BCUT2D eigenvalue weighted by Gasteiger charge is 2.13. The first kappa shape index (κ1) is 18.7. The van der Waals surface area contributed by atoms with Crippen LogP contribution >= 0.6 is 0 Å². The molecule has 0 aliphatic rings. The van der Waals surface area contributed by atoms with E-state index in [0.29, 0.717) is 11.4 Å². The molecule has 7 heteroatoms. The zero-order valence-corrected chi connectivity index (χ0v) is 15.8. The van der Waals surface area contributed by atoms with Gasteiger partial charge in [-0.2, -0.15) is 5.10 Å². The fourth-order valence-corrected chi connectivity index (χ4v) is 2.49. The number of furan rings is 1. The van der Waals surface area contributed by atoms with E-state index in [-0.39, 0.29) is 18.3 Å².